The van der Waals surface area contributed by atoms with E-state index in [1.807, 2.05) is 36.1 Å². The first-order valence-electron chi connectivity index (χ1n) is 12.1. The number of halogens is 4. The van der Waals surface area contributed by atoms with Crippen molar-refractivity contribution in [1.82, 2.24) is 10.3 Å². The van der Waals surface area contributed by atoms with Gasteiger partial charge in [0, 0.05) is 12.6 Å². The Balaban J connectivity index is 0.000000201. The molecule has 0 amide bonds. The second-order valence-electron chi connectivity index (χ2n) is 9.36. The van der Waals surface area contributed by atoms with Crippen molar-refractivity contribution < 1.29 is 13.2 Å². The number of aryl methyl sites for hydroxylation is 2. The van der Waals surface area contributed by atoms with Gasteiger partial charge in [-0.1, -0.05) is 71.3 Å². The Kier molecular flexibility index (Phi) is 8.02. The highest BCUT2D eigenvalue weighted by Crippen LogP contribution is 2.39. The first kappa shape index (κ1) is 25.5. The number of alkyl halides is 3. The van der Waals surface area contributed by atoms with Crippen LogP contribution in [0.5, 0.6) is 0 Å². The maximum Gasteiger partial charge on any atom is 0.416 e. The van der Waals surface area contributed by atoms with Gasteiger partial charge in [-0.05, 0) is 69.3 Å². The van der Waals surface area contributed by atoms with Crippen molar-refractivity contribution >= 4 is 17.4 Å². The van der Waals surface area contributed by atoms with Crippen LogP contribution >= 0.6 is 11.6 Å². The van der Waals surface area contributed by atoms with Crippen LogP contribution in [-0.4, -0.2) is 18.1 Å². The van der Waals surface area contributed by atoms with Gasteiger partial charge in [0.05, 0.1) is 11.6 Å². The van der Waals surface area contributed by atoms with Gasteiger partial charge in [-0.25, -0.2) is 4.98 Å². The molecule has 3 aromatic rings. The van der Waals surface area contributed by atoms with Gasteiger partial charge >= 0.3 is 6.18 Å². The van der Waals surface area contributed by atoms with Crippen molar-refractivity contribution in [3.8, 4) is 0 Å². The lowest BCUT2D eigenvalue weighted by Crippen LogP contribution is -2.24. The third kappa shape index (κ3) is 6.56. The molecule has 0 bridgehead atoms. The van der Waals surface area contributed by atoms with Crippen LogP contribution in [0.2, 0.25) is 5.15 Å². The predicted octanol–water partition coefficient (Wildman–Crippen LogP) is 7.82. The fourth-order valence-corrected chi connectivity index (χ4v) is 4.94. The lowest BCUT2D eigenvalue weighted by atomic mass is 10.0. The van der Waals surface area contributed by atoms with Gasteiger partial charge in [-0.2, -0.15) is 13.2 Å². The number of hydrogen-bond acceptors (Lipinski definition) is 3. The van der Waals surface area contributed by atoms with E-state index in [1.54, 1.807) is 0 Å². The summed E-state index contributed by atoms with van der Waals surface area (Å²) in [7, 11) is 0. The Morgan fingerprint density at radius 1 is 0.886 bits per heavy atom. The van der Waals surface area contributed by atoms with E-state index in [0.717, 1.165) is 36.1 Å². The van der Waals surface area contributed by atoms with E-state index in [0.29, 0.717) is 12.6 Å². The normalized spacial score (nSPS) is 20.0. The molecule has 1 aromatic heterocycles. The number of nitrogens with zero attached hydrogens (tertiary/aromatic N) is 2. The molecule has 0 spiro atoms. The molecule has 1 N–H and O–H groups in total. The molecule has 2 aliphatic heterocycles. The zero-order valence-corrected chi connectivity index (χ0v) is 20.8. The molecular weight excluding hydrogens is 471 g/mol. The number of aromatic nitrogens is 1. The van der Waals surface area contributed by atoms with Gasteiger partial charge in [0.25, 0.3) is 0 Å². The molecule has 2 fully saturated rings. The minimum atomic E-state index is -4.43. The van der Waals surface area contributed by atoms with Crippen molar-refractivity contribution in [3.05, 3.63) is 93.6 Å². The first-order chi connectivity index (χ1) is 16.7. The Labute approximate surface area is 210 Å². The molecule has 2 aliphatic rings. The Hall–Kier alpha value is -2.57. The third-order valence-electron chi connectivity index (χ3n) is 6.66. The third-order valence-corrected chi connectivity index (χ3v) is 6.85. The fourth-order valence-electron chi connectivity index (χ4n) is 4.74. The summed E-state index contributed by atoms with van der Waals surface area (Å²) in [6.45, 7) is 5.98. The molecule has 2 unspecified atom stereocenters. The zero-order valence-electron chi connectivity index (χ0n) is 20.1. The minimum absolute atomic E-state index is 0.0302. The van der Waals surface area contributed by atoms with Crippen LogP contribution < -0.4 is 10.2 Å². The minimum Gasteiger partial charge on any atom is -0.350 e. The van der Waals surface area contributed by atoms with E-state index in [4.69, 9.17) is 11.6 Å². The van der Waals surface area contributed by atoms with E-state index in [9.17, 15) is 13.2 Å². The van der Waals surface area contributed by atoms with Gasteiger partial charge < -0.3 is 10.2 Å². The molecule has 186 valence electrons. The Morgan fingerprint density at radius 2 is 1.51 bits per heavy atom. The summed E-state index contributed by atoms with van der Waals surface area (Å²) in [4.78, 5) is 6.02. The monoisotopic (exact) mass is 501 g/mol. The number of benzene rings is 2. The SMILES string of the molecule is Cc1ccc(C2CCCN2)cc1.Cc1ccc(C2CCCN2c2cc(C(F)(F)F)cc(Cl)n2)cc1. The summed E-state index contributed by atoms with van der Waals surface area (Å²) in [5.74, 6) is 0.285. The summed E-state index contributed by atoms with van der Waals surface area (Å²) in [6, 6.07) is 19.5. The second kappa shape index (κ2) is 11.0. The first-order valence-corrected chi connectivity index (χ1v) is 12.5. The lowest BCUT2D eigenvalue weighted by Gasteiger charge is -2.27. The van der Waals surface area contributed by atoms with E-state index in [2.05, 4.69) is 41.5 Å². The second-order valence-corrected chi connectivity index (χ2v) is 9.74. The number of nitrogens with one attached hydrogen (secondary N) is 1. The van der Waals surface area contributed by atoms with Crippen molar-refractivity contribution in [2.75, 3.05) is 18.0 Å². The molecule has 0 aliphatic carbocycles. The Morgan fingerprint density at radius 3 is 2.09 bits per heavy atom. The van der Waals surface area contributed by atoms with Crippen LogP contribution in [0.1, 0.15) is 65.6 Å². The van der Waals surface area contributed by atoms with Gasteiger partial charge in [0.1, 0.15) is 11.0 Å². The molecule has 3 heterocycles. The summed E-state index contributed by atoms with van der Waals surface area (Å²) >= 11 is 5.81. The lowest BCUT2D eigenvalue weighted by molar-refractivity contribution is -0.137. The molecular formula is C28H31ClF3N3. The molecule has 2 saturated heterocycles. The summed E-state index contributed by atoms with van der Waals surface area (Å²) in [5, 5.41) is 3.36. The number of rotatable bonds is 3. The number of anilines is 1. The van der Waals surface area contributed by atoms with Gasteiger partial charge in [0.2, 0.25) is 0 Å². The fraction of sp³-hybridized carbons (Fsp3) is 0.393. The molecule has 35 heavy (non-hydrogen) atoms. The predicted molar refractivity (Wildman–Crippen MR) is 136 cm³/mol. The molecule has 2 atom stereocenters. The molecule has 7 heteroatoms. The van der Waals surface area contributed by atoms with Crippen LogP contribution in [-0.2, 0) is 6.18 Å². The summed E-state index contributed by atoms with van der Waals surface area (Å²) in [6.07, 6.45) is -0.0191. The maximum atomic E-state index is 13.0. The van der Waals surface area contributed by atoms with Gasteiger partial charge in [0.15, 0.2) is 0 Å². The topological polar surface area (TPSA) is 28.2 Å². The molecule has 5 rings (SSSR count). The van der Waals surface area contributed by atoms with Gasteiger partial charge in [-0.3, -0.25) is 0 Å². The molecule has 0 radical (unpaired) electrons. The summed E-state index contributed by atoms with van der Waals surface area (Å²) in [5.41, 5.74) is 4.26. The van der Waals surface area contributed by atoms with Crippen molar-refractivity contribution in [3.63, 3.8) is 0 Å². The van der Waals surface area contributed by atoms with E-state index >= 15 is 0 Å². The quantitative estimate of drug-likeness (QED) is 0.371. The Bertz CT molecular complexity index is 1110. The van der Waals surface area contributed by atoms with Gasteiger partial charge in [-0.15, -0.1) is 0 Å². The van der Waals surface area contributed by atoms with Crippen LogP contribution in [0.15, 0.2) is 60.7 Å². The van der Waals surface area contributed by atoms with Crippen LogP contribution in [0, 0.1) is 13.8 Å². The number of hydrogen-bond donors (Lipinski definition) is 1. The van der Waals surface area contributed by atoms with Crippen molar-refractivity contribution in [2.45, 2.75) is 57.8 Å². The number of pyridine rings is 1. The van der Waals surface area contributed by atoms with Crippen LogP contribution in [0.3, 0.4) is 0 Å². The highest BCUT2D eigenvalue weighted by atomic mass is 35.5. The molecule has 3 nitrogen and oxygen atoms in total. The highest BCUT2D eigenvalue weighted by Gasteiger charge is 2.34. The highest BCUT2D eigenvalue weighted by molar-refractivity contribution is 6.29. The van der Waals surface area contributed by atoms with E-state index in [-0.39, 0.29) is 17.0 Å². The largest absolute Gasteiger partial charge is 0.416 e. The van der Waals surface area contributed by atoms with Crippen molar-refractivity contribution in [2.24, 2.45) is 0 Å². The molecule has 2 aromatic carbocycles. The zero-order chi connectivity index (χ0) is 25.0. The van der Waals surface area contributed by atoms with Crippen LogP contribution in [0.4, 0.5) is 19.0 Å². The van der Waals surface area contributed by atoms with E-state index in [1.165, 1.54) is 30.5 Å². The van der Waals surface area contributed by atoms with Crippen molar-refractivity contribution in [1.29, 1.82) is 0 Å². The standard InChI is InChI=1S/C17H16ClF3N2.C11H15N/c1-11-4-6-12(7-5-11)14-3-2-8-23(14)16-10-13(17(19,20)21)9-15(18)22-16;1-9-4-6-10(7-5-9)11-3-2-8-12-11/h4-7,9-10,14H,2-3,8H2,1H3;4-7,11-12H,2-3,8H2,1H3. The van der Waals surface area contributed by atoms with Crippen LogP contribution in [0.25, 0.3) is 0 Å². The maximum absolute atomic E-state index is 13.0. The molecule has 0 saturated carbocycles. The smallest absolute Gasteiger partial charge is 0.350 e. The summed E-state index contributed by atoms with van der Waals surface area (Å²) < 4.78 is 39.0. The average molecular weight is 502 g/mol. The average Bonchev–Trinajstić information content (AvgIpc) is 3.52. The van der Waals surface area contributed by atoms with E-state index < -0.39 is 11.7 Å².